The number of piperidine rings is 1. The van der Waals surface area contributed by atoms with E-state index in [1.807, 2.05) is 24.3 Å². The van der Waals surface area contributed by atoms with Gasteiger partial charge in [0.1, 0.15) is 5.75 Å². The van der Waals surface area contributed by atoms with Gasteiger partial charge in [-0.15, -0.1) is 11.8 Å². The molecule has 0 saturated carbocycles. The van der Waals surface area contributed by atoms with Crippen LogP contribution in [0.5, 0.6) is 5.75 Å². The third kappa shape index (κ3) is 4.65. The van der Waals surface area contributed by atoms with Gasteiger partial charge in [-0.1, -0.05) is 23.7 Å². The number of carbonyl (C=O) groups is 3. The van der Waals surface area contributed by atoms with Gasteiger partial charge in [-0.05, 0) is 43.2 Å². The highest BCUT2D eigenvalue weighted by Gasteiger charge is 2.37. The van der Waals surface area contributed by atoms with Crippen LogP contribution in [0.15, 0.2) is 47.4 Å². The Morgan fingerprint density at radius 2 is 1.94 bits per heavy atom. The number of hydrogen-bond acceptors (Lipinski definition) is 5. The quantitative estimate of drug-likeness (QED) is 0.681. The summed E-state index contributed by atoms with van der Waals surface area (Å²) in [4.78, 5) is 40.6. The molecule has 31 heavy (non-hydrogen) atoms. The van der Waals surface area contributed by atoms with Crippen molar-refractivity contribution in [1.82, 2.24) is 4.90 Å². The summed E-state index contributed by atoms with van der Waals surface area (Å²) in [5.41, 5.74) is 1.33. The van der Waals surface area contributed by atoms with Gasteiger partial charge in [0.15, 0.2) is 5.25 Å². The van der Waals surface area contributed by atoms with Gasteiger partial charge in [0.2, 0.25) is 17.7 Å². The first-order chi connectivity index (χ1) is 15.0. The molecular weight excluding hydrogens is 438 g/mol. The predicted octanol–water partition coefficient (Wildman–Crippen LogP) is 3.64. The largest absolute Gasteiger partial charge is 0.495 e. The number of benzene rings is 2. The summed E-state index contributed by atoms with van der Waals surface area (Å²) in [7, 11) is 1.53. The standard InChI is InChI=1S/C22H22ClN3O4S/c1-30-17-7-6-14(12-15(17)23)24-20(27)13-8-10-26(11-9-13)22(29)19-21(28)25-16-4-2-3-5-18(16)31-19/h2-7,12-13,19H,8-11H2,1H3,(H,24,27)(H,25,28)/t19-/m0/s1. The first-order valence-electron chi connectivity index (χ1n) is 9.96. The van der Waals surface area contributed by atoms with Crippen LogP contribution in [-0.2, 0) is 14.4 Å². The van der Waals surface area contributed by atoms with Gasteiger partial charge in [-0.25, -0.2) is 0 Å². The summed E-state index contributed by atoms with van der Waals surface area (Å²) in [5, 5.41) is 5.30. The number of halogens is 1. The summed E-state index contributed by atoms with van der Waals surface area (Å²) < 4.78 is 5.12. The number of thioether (sulfide) groups is 1. The summed E-state index contributed by atoms with van der Waals surface area (Å²) in [5.74, 6) is -0.285. The Balaban J connectivity index is 1.33. The summed E-state index contributed by atoms with van der Waals surface area (Å²) >= 11 is 7.39. The maximum atomic E-state index is 13.0. The molecule has 9 heteroatoms. The topological polar surface area (TPSA) is 87.7 Å². The van der Waals surface area contributed by atoms with Gasteiger partial charge in [0.05, 0.1) is 17.8 Å². The first-order valence-corrected chi connectivity index (χ1v) is 11.2. The number of carbonyl (C=O) groups excluding carboxylic acids is 3. The number of nitrogens with zero attached hydrogens (tertiary/aromatic N) is 1. The molecule has 162 valence electrons. The maximum absolute atomic E-state index is 13.0. The zero-order chi connectivity index (χ0) is 22.0. The molecule has 2 aliphatic rings. The molecule has 2 N–H and O–H groups in total. The third-order valence-corrected chi connectivity index (χ3v) is 7.01. The SMILES string of the molecule is COc1ccc(NC(=O)C2CCN(C(=O)[C@H]3Sc4ccccc4NC3=O)CC2)cc1Cl. The van der Waals surface area contributed by atoms with Crippen LogP contribution in [0.3, 0.4) is 0 Å². The Morgan fingerprint density at radius 3 is 2.65 bits per heavy atom. The Hall–Kier alpha value is -2.71. The lowest BCUT2D eigenvalue weighted by Gasteiger charge is -2.34. The van der Waals surface area contributed by atoms with Crippen molar-refractivity contribution in [2.45, 2.75) is 23.0 Å². The van der Waals surface area contributed by atoms with E-state index in [-0.39, 0.29) is 23.6 Å². The molecular formula is C22H22ClN3O4S. The van der Waals surface area contributed by atoms with E-state index in [1.54, 1.807) is 23.1 Å². The van der Waals surface area contributed by atoms with Gasteiger partial charge < -0.3 is 20.3 Å². The van der Waals surface area contributed by atoms with Crippen molar-refractivity contribution in [3.05, 3.63) is 47.5 Å². The minimum absolute atomic E-state index is 0.105. The number of para-hydroxylation sites is 1. The normalized spacial score (nSPS) is 18.7. The number of methoxy groups -OCH3 is 1. The van der Waals surface area contributed by atoms with Crippen LogP contribution in [0.1, 0.15) is 12.8 Å². The van der Waals surface area contributed by atoms with Crippen LogP contribution in [0.4, 0.5) is 11.4 Å². The van der Waals surface area contributed by atoms with Crippen molar-refractivity contribution >= 4 is 52.5 Å². The molecule has 1 atom stereocenters. The second-order valence-corrected chi connectivity index (χ2v) is 8.98. The highest BCUT2D eigenvalue weighted by atomic mass is 35.5. The lowest BCUT2D eigenvalue weighted by molar-refractivity contribution is -0.136. The van der Waals surface area contributed by atoms with Crippen LogP contribution in [0, 0.1) is 5.92 Å². The van der Waals surface area contributed by atoms with Crippen molar-refractivity contribution in [2.75, 3.05) is 30.8 Å². The summed E-state index contributed by atoms with van der Waals surface area (Å²) in [6.07, 6.45) is 1.08. The molecule has 0 bridgehead atoms. The van der Waals surface area contributed by atoms with E-state index in [9.17, 15) is 14.4 Å². The fourth-order valence-corrected chi connectivity index (χ4v) is 5.06. The molecule has 2 aromatic carbocycles. The molecule has 2 heterocycles. The number of nitrogens with one attached hydrogen (secondary N) is 2. The molecule has 0 unspecified atom stereocenters. The van der Waals surface area contributed by atoms with E-state index in [0.717, 1.165) is 10.6 Å². The van der Waals surface area contributed by atoms with Crippen molar-refractivity contribution < 1.29 is 19.1 Å². The molecule has 4 rings (SSSR count). The minimum Gasteiger partial charge on any atom is -0.495 e. The zero-order valence-electron chi connectivity index (χ0n) is 16.9. The molecule has 0 spiro atoms. The van der Waals surface area contributed by atoms with Crippen molar-refractivity contribution in [3.63, 3.8) is 0 Å². The van der Waals surface area contributed by atoms with Crippen molar-refractivity contribution in [1.29, 1.82) is 0 Å². The van der Waals surface area contributed by atoms with Gasteiger partial charge in [0, 0.05) is 29.6 Å². The maximum Gasteiger partial charge on any atom is 0.247 e. The molecule has 0 aliphatic carbocycles. The molecule has 2 aromatic rings. The minimum atomic E-state index is -0.804. The summed E-state index contributed by atoms with van der Waals surface area (Å²) in [6, 6.07) is 12.5. The average molecular weight is 460 g/mol. The molecule has 0 radical (unpaired) electrons. The van der Waals surface area contributed by atoms with Crippen LogP contribution in [0.2, 0.25) is 5.02 Å². The average Bonchev–Trinajstić information content (AvgIpc) is 2.78. The number of rotatable bonds is 4. The smallest absolute Gasteiger partial charge is 0.247 e. The van der Waals surface area contributed by atoms with Gasteiger partial charge in [-0.2, -0.15) is 0 Å². The highest BCUT2D eigenvalue weighted by Crippen LogP contribution is 2.36. The fraction of sp³-hybridized carbons (Fsp3) is 0.318. The number of amides is 3. The van der Waals surface area contributed by atoms with Crippen LogP contribution < -0.4 is 15.4 Å². The molecule has 1 fully saturated rings. The monoisotopic (exact) mass is 459 g/mol. The van der Waals surface area contributed by atoms with E-state index in [2.05, 4.69) is 10.6 Å². The first kappa shape index (κ1) is 21.5. The number of ether oxygens (including phenoxy) is 1. The number of fused-ring (bicyclic) bond motifs is 1. The molecule has 1 saturated heterocycles. The number of hydrogen-bond donors (Lipinski definition) is 2. The fourth-order valence-electron chi connectivity index (χ4n) is 3.73. The predicted molar refractivity (Wildman–Crippen MR) is 121 cm³/mol. The second-order valence-electron chi connectivity index (χ2n) is 7.42. The van der Waals surface area contributed by atoms with Gasteiger partial charge in [0.25, 0.3) is 0 Å². The Morgan fingerprint density at radius 1 is 1.19 bits per heavy atom. The molecule has 0 aromatic heterocycles. The van der Waals surface area contributed by atoms with E-state index >= 15 is 0 Å². The van der Waals surface area contributed by atoms with Crippen LogP contribution >= 0.6 is 23.4 Å². The highest BCUT2D eigenvalue weighted by molar-refractivity contribution is 8.01. The van der Waals surface area contributed by atoms with E-state index in [0.29, 0.717) is 42.4 Å². The number of likely N-dealkylation sites (tertiary alicyclic amines) is 1. The molecule has 2 aliphatic heterocycles. The molecule has 7 nitrogen and oxygen atoms in total. The summed E-state index contributed by atoms with van der Waals surface area (Å²) in [6.45, 7) is 0.874. The van der Waals surface area contributed by atoms with Crippen LogP contribution in [0.25, 0.3) is 0 Å². The Labute approximate surface area is 189 Å². The van der Waals surface area contributed by atoms with E-state index < -0.39 is 5.25 Å². The van der Waals surface area contributed by atoms with Crippen LogP contribution in [-0.4, -0.2) is 48.1 Å². The van der Waals surface area contributed by atoms with E-state index in [1.165, 1.54) is 18.9 Å². The van der Waals surface area contributed by atoms with Crippen molar-refractivity contribution in [3.8, 4) is 5.75 Å². The van der Waals surface area contributed by atoms with E-state index in [4.69, 9.17) is 16.3 Å². The van der Waals surface area contributed by atoms with Gasteiger partial charge in [-0.3, -0.25) is 14.4 Å². The Bertz CT molecular complexity index is 1020. The van der Waals surface area contributed by atoms with Gasteiger partial charge >= 0.3 is 0 Å². The number of anilines is 2. The third-order valence-electron chi connectivity index (χ3n) is 5.45. The zero-order valence-corrected chi connectivity index (χ0v) is 18.5. The second kappa shape index (κ2) is 9.20. The lowest BCUT2D eigenvalue weighted by Crippen LogP contribution is -2.48. The lowest BCUT2D eigenvalue weighted by atomic mass is 9.95. The van der Waals surface area contributed by atoms with Crippen molar-refractivity contribution in [2.24, 2.45) is 5.92 Å². The Kier molecular flexibility index (Phi) is 6.38. The molecule has 3 amide bonds.